The van der Waals surface area contributed by atoms with Gasteiger partial charge in [-0.1, -0.05) is 67.2 Å². The molecule has 0 saturated carbocycles. The van der Waals surface area contributed by atoms with Gasteiger partial charge in [-0.3, -0.25) is 0 Å². The molecule has 0 aliphatic carbocycles. The predicted octanol–water partition coefficient (Wildman–Crippen LogP) is 3.12. The summed E-state index contributed by atoms with van der Waals surface area (Å²) in [6.45, 7) is 2.30. The summed E-state index contributed by atoms with van der Waals surface area (Å²) < 4.78 is 0. The highest BCUT2D eigenvalue weighted by Gasteiger charge is 2.29. The van der Waals surface area contributed by atoms with Gasteiger partial charge in [-0.2, -0.15) is 5.26 Å². The average molecular weight is 289 g/mol. The van der Waals surface area contributed by atoms with E-state index in [2.05, 4.69) is 72.6 Å². The first-order chi connectivity index (χ1) is 10.3. The van der Waals surface area contributed by atoms with Gasteiger partial charge >= 0.3 is 0 Å². The molecule has 0 fully saturated rings. The van der Waals surface area contributed by atoms with Crippen molar-refractivity contribution < 1.29 is 0 Å². The molecule has 0 N–H and O–H groups in total. The predicted molar refractivity (Wildman–Crippen MR) is 91.0 cm³/mol. The summed E-state index contributed by atoms with van der Waals surface area (Å²) in [4.78, 5) is 0. The maximum Gasteiger partial charge on any atom is 0.196 e. The normalized spacial score (nSPS) is 10.3. The van der Waals surface area contributed by atoms with Crippen LogP contribution < -0.4 is 10.4 Å². The monoisotopic (exact) mass is 289 g/mol. The van der Waals surface area contributed by atoms with Crippen LogP contribution in [-0.4, -0.2) is 8.07 Å². The SMILES string of the molecule is C[Si](C#CCCCC#N)(c1ccccc1)c1ccccc1. The second-order valence-corrected chi connectivity index (χ2v) is 8.83. The van der Waals surface area contributed by atoms with Crippen LogP contribution in [0.1, 0.15) is 19.3 Å². The van der Waals surface area contributed by atoms with E-state index in [9.17, 15) is 0 Å². The Morgan fingerprint density at radius 2 is 1.38 bits per heavy atom. The van der Waals surface area contributed by atoms with Crippen LogP contribution in [0.4, 0.5) is 0 Å². The lowest BCUT2D eigenvalue weighted by atomic mass is 10.3. The fourth-order valence-electron chi connectivity index (χ4n) is 2.35. The smallest absolute Gasteiger partial charge is 0.196 e. The molecule has 0 heterocycles. The van der Waals surface area contributed by atoms with Crippen LogP contribution in [-0.2, 0) is 0 Å². The first-order valence-electron chi connectivity index (χ1n) is 7.25. The van der Waals surface area contributed by atoms with E-state index in [1.807, 2.05) is 12.1 Å². The number of rotatable bonds is 4. The summed E-state index contributed by atoms with van der Waals surface area (Å²) >= 11 is 0. The second-order valence-electron chi connectivity index (χ2n) is 5.17. The number of hydrogen-bond acceptors (Lipinski definition) is 1. The van der Waals surface area contributed by atoms with Crippen LogP contribution in [0.2, 0.25) is 6.55 Å². The van der Waals surface area contributed by atoms with Crippen molar-refractivity contribution in [3.63, 3.8) is 0 Å². The molecule has 21 heavy (non-hydrogen) atoms. The molecule has 0 atom stereocenters. The van der Waals surface area contributed by atoms with E-state index in [-0.39, 0.29) is 0 Å². The maximum absolute atomic E-state index is 8.59. The van der Waals surface area contributed by atoms with Crippen molar-refractivity contribution in [2.24, 2.45) is 0 Å². The van der Waals surface area contributed by atoms with Crippen molar-refractivity contribution in [3.8, 4) is 17.5 Å². The topological polar surface area (TPSA) is 23.8 Å². The molecule has 0 saturated heterocycles. The van der Waals surface area contributed by atoms with Crippen LogP contribution in [0.25, 0.3) is 0 Å². The van der Waals surface area contributed by atoms with Crippen molar-refractivity contribution in [2.45, 2.75) is 25.8 Å². The number of nitrogens with zero attached hydrogens (tertiary/aromatic N) is 1. The van der Waals surface area contributed by atoms with Crippen molar-refractivity contribution >= 4 is 18.4 Å². The lowest BCUT2D eigenvalue weighted by Crippen LogP contribution is -2.54. The molecule has 0 radical (unpaired) electrons. The Morgan fingerprint density at radius 3 is 1.86 bits per heavy atom. The minimum absolute atomic E-state index is 0.587. The van der Waals surface area contributed by atoms with E-state index in [1.165, 1.54) is 10.4 Å². The van der Waals surface area contributed by atoms with Crippen LogP contribution in [0, 0.1) is 22.8 Å². The Hall–Kier alpha value is -2.29. The second kappa shape index (κ2) is 7.48. The molecule has 0 bridgehead atoms. The summed E-state index contributed by atoms with van der Waals surface area (Å²) in [5, 5.41) is 11.3. The molecule has 0 unspecified atom stereocenters. The summed E-state index contributed by atoms with van der Waals surface area (Å²) in [6, 6.07) is 23.3. The van der Waals surface area contributed by atoms with Gasteiger partial charge in [0.1, 0.15) is 0 Å². The summed E-state index contributed by atoms with van der Waals surface area (Å²) in [7, 11) is -2.01. The van der Waals surface area contributed by atoms with Gasteiger partial charge in [-0.25, -0.2) is 0 Å². The lowest BCUT2D eigenvalue weighted by molar-refractivity contribution is 0.894. The Morgan fingerprint density at radius 1 is 0.857 bits per heavy atom. The number of hydrogen-bond donors (Lipinski definition) is 0. The molecule has 2 aromatic rings. The van der Waals surface area contributed by atoms with Crippen LogP contribution in [0.15, 0.2) is 60.7 Å². The number of benzene rings is 2. The largest absolute Gasteiger partial charge is 0.198 e. The van der Waals surface area contributed by atoms with Crippen molar-refractivity contribution in [2.75, 3.05) is 0 Å². The third-order valence-corrected chi connectivity index (χ3v) is 7.28. The highest BCUT2D eigenvalue weighted by atomic mass is 28.3. The van der Waals surface area contributed by atoms with Gasteiger partial charge in [-0.05, 0) is 16.8 Å². The molecular weight excluding hydrogens is 270 g/mol. The van der Waals surface area contributed by atoms with Gasteiger partial charge in [0.25, 0.3) is 0 Å². The Balaban J connectivity index is 2.34. The fraction of sp³-hybridized carbons (Fsp3) is 0.211. The van der Waals surface area contributed by atoms with Gasteiger partial charge in [0.2, 0.25) is 0 Å². The van der Waals surface area contributed by atoms with E-state index in [0.717, 1.165) is 12.8 Å². The number of nitriles is 1. The van der Waals surface area contributed by atoms with E-state index < -0.39 is 8.07 Å². The molecule has 104 valence electrons. The third-order valence-electron chi connectivity index (χ3n) is 3.63. The Bertz CT molecular complexity index is 620. The standard InChI is InChI=1S/C19H19NSi/c1-21(17-11-3-2-10-16-20,18-12-6-4-7-13-18)19-14-8-5-9-15-19/h4-9,12-15H,2-3,10H2,1H3. The van der Waals surface area contributed by atoms with Crippen LogP contribution in [0.5, 0.6) is 0 Å². The molecule has 2 heteroatoms. The van der Waals surface area contributed by atoms with E-state index in [1.54, 1.807) is 0 Å². The molecule has 1 nitrogen and oxygen atoms in total. The number of unbranched alkanes of at least 4 members (excludes halogenated alkanes) is 2. The van der Waals surface area contributed by atoms with Crippen LogP contribution in [0.3, 0.4) is 0 Å². The van der Waals surface area contributed by atoms with Crippen molar-refractivity contribution in [1.82, 2.24) is 0 Å². The first-order valence-corrected chi connectivity index (χ1v) is 9.75. The van der Waals surface area contributed by atoms with E-state index >= 15 is 0 Å². The molecule has 0 aromatic heterocycles. The molecule has 0 aliphatic rings. The quantitative estimate of drug-likeness (QED) is 0.482. The summed E-state index contributed by atoms with van der Waals surface area (Å²) in [5.74, 6) is 3.32. The molecule has 0 aliphatic heterocycles. The Kier molecular flexibility index (Phi) is 5.38. The summed E-state index contributed by atoms with van der Waals surface area (Å²) in [6.07, 6.45) is 2.25. The molecular formula is C19H19NSi. The average Bonchev–Trinajstić information content (AvgIpc) is 2.56. The molecule has 2 aromatic carbocycles. The van der Waals surface area contributed by atoms with Gasteiger partial charge < -0.3 is 0 Å². The molecule has 2 rings (SSSR count). The highest BCUT2D eigenvalue weighted by Crippen LogP contribution is 2.05. The zero-order valence-electron chi connectivity index (χ0n) is 12.3. The molecule has 0 spiro atoms. The zero-order valence-corrected chi connectivity index (χ0v) is 13.3. The van der Waals surface area contributed by atoms with Gasteiger partial charge in [0.05, 0.1) is 6.07 Å². The van der Waals surface area contributed by atoms with E-state index in [4.69, 9.17) is 5.26 Å². The summed E-state index contributed by atoms with van der Waals surface area (Å²) in [5.41, 5.74) is 3.57. The third kappa shape index (κ3) is 3.84. The van der Waals surface area contributed by atoms with Crippen molar-refractivity contribution in [3.05, 3.63) is 60.7 Å². The van der Waals surface area contributed by atoms with Gasteiger partial charge in [0.15, 0.2) is 8.07 Å². The Labute approximate surface area is 128 Å². The lowest BCUT2D eigenvalue weighted by Gasteiger charge is -2.22. The van der Waals surface area contributed by atoms with Gasteiger partial charge in [-0.15, -0.1) is 11.5 Å². The van der Waals surface area contributed by atoms with Crippen molar-refractivity contribution in [1.29, 1.82) is 5.26 Å². The maximum atomic E-state index is 8.59. The van der Waals surface area contributed by atoms with Crippen LogP contribution >= 0.6 is 0 Å². The minimum Gasteiger partial charge on any atom is -0.198 e. The minimum atomic E-state index is -2.01. The van der Waals surface area contributed by atoms with E-state index in [0.29, 0.717) is 6.42 Å². The fourth-order valence-corrected chi connectivity index (χ4v) is 5.17. The van der Waals surface area contributed by atoms with Gasteiger partial charge in [0, 0.05) is 12.8 Å². The first kappa shape index (κ1) is 15.1. The zero-order chi connectivity index (χ0) is 15.0. The highest BCUT2D eigenvalue weighted by molar-refractivity contribution is 7.07. The molecule has 0 amide bonds.